The number of benzene rings is 3. The van der Waals surface area contributed by atoms with E-state index in [0.717, 1.165) is 12.0 Å². The Morgan fingerprint density at radius 2 is 1.79 bits per heavy atom. The Morgan fingerprint density at radius 1 is 1.04 bits per heavy atom. The van der Waals surface area contributed by atoms with E-state index in [-0.39, 0.29) is 12.1 Å². The summed E-state index contributed by atoms with van der Waals surface area (Å²) in [5.41, 5.74) is 2.02. The third-order valence-electron chi connectivity index (χ3n) is 4.93. The molecule has 0 amide bonds. The number of hydrogen-bond donors (Lipinski definition) is 2. The molecule has 0 aliphatic heterocycles. The van der Waals surface area contributed by atoms with E-state index in [1.54, 1.807) is 0 Å². The van der Waals surface area contributed by atoms with Crippen LogP contribution in [0.25, 0.3) is 10.8 Å². The van der Waals surface area contributed by atoms with Crippen LogP contribution in [0.5, 0.6) is 5.75 Å². The van der Waals surface area contributed by atoms with Gasteiger partial charge in [0.2, 0.25) is 0 Å². The lowest BCUT2D eigenvalue weighted by Gasteiger charge is -2.28. The maximum absolute atomic E-state index is 10.3. The molecular weight excluding hydrogens is 370 g/mol. The molecular formula is C24H28ClNO2. The number of halogens is 1. The van der Waals surface area contributed by atoms with Gasteiger partial charge in [0, 0.05) is 22.7 Å². The van der Waals surface area contributed by atoms with Crippen molar-refractivity contribution >= 4 is 22.4 Å². The first-order valence-electron chi connectivity index (χ1n) is 9.63. The molecule has 3 aromatic rings. The van der Waals surface area contributed by atoms with Crippen LogP contribution in [-0.4, -0.2) is 29.9 Å². The maximum Gasteiger partial charge on any atom is 0.123 e. The van der Waals surface area contributed by atoms with Gasteiger partial charge in [0.1, 0.15) is 18.5 Å². The summed E-state index contributed by atoms with van der Waals surface area (Å²) in [6, 6.07) is 20.5. The van der Waals surface area contributed by atoms with Crippen molar-refractivity contribution in [2.45, 2.75) is 38.8 Å². The predicted molar refractivity (Wildman–Crippen MR) is 117 cm³/mol. The number of ether oxygens (including phenoxy) is 1. The van der Waals surface area contributed by atoms with Gasteiger partial charge in [-0.1, -0.05) is 60.1 Å². The van der Waals surface area contributed by atoms with Gasteiger partial charge in [-0.2, -0.15) is 0 Å². The summed E-state index contributed by atoms with van der Waals surface area (Å²) in [7, 11) is 0. The topological polar surface area (TPSA) is 41.5 Å². The molecule has 0 spiro atoms. The van der Waals surface area contributed by atoms with Crippen LogP contribution in [-0.2, 0) is 6.42 Å². The second-order valence-electron chi connectivity index (χ2n) is 7.95. The van der Waals surface area contributed by atoms with Crippen molar-refractivity contribution in [2.75, 3.05) is 13.2 Å². The van der Waals surface area contributed by atoms with Crippen molar-refractivity contribution in [1.29, 1.82) is 0 Å². The molecule has 3 aromatic carbocycles. The predicted octanol–water partition coefficient (Wildman–Crippen LogP) is 5.15. The lowest BCUT2D eigenvalue weighted by atomic mass is 9.93. The van der Waals surface area contributed by atoms with Crippen LogP contribution in [0.3, 0.4) is 0 Å². The summed E-state index contributed by atoms with van der Waals surface area (Å²) >= 11 is 6.11. The molecule has 0 heterocycles. The molecule has 0 saturated heterocycles. The summed E-state index contributed by atoms with van der Waals surface area (Å²) in [4.78, 5) is 0. The summed E-state index contributed by atoms with van der Waals surface area (Å²) < 4.78 is 5.74. The quantitative estimate of drug-likeness (QED) is 0.552. The highest BCUT2D eigenvalue weighted by atomic mass is 35.5. The first-order valence-corrected chi connectivity index (χ1v) is 10.0. The third-order valence-corrected chi connectivity index (χ3v) is 5.33. The number of fused-ring (bicyclic) bond motifs is 1. The maximum atomic E-state index is 10.3. The molecule has 0 aliphatic rings. The Bertz CT molecular complexity index is 939. The highest BCUT2D eigenvalue weighted by molar-refractivity contribution is 6.31. The van der Waals surface area contributed by atoms with Gasteiger partial charge in [0.15, 0.2) is 0 Å². The number of aliphatic hydroxyl groups excluding tert-OH is 1. The summed E-state index contributed by atoms with van der Waals surface area (Å²) in [5.74, 6) is 0.710. The minimum atomic E-state index is -0.603. The van der Waals surface area contributed by atoms with Gasteiger partial charge in [-0.25, -0.2) is 0 Å². The van der Waals surface area contributed by atoms with Gasteiger partial charge in [-0.3, -0.25) is 0 Å². The first-order chi connectivity index (χ1) is 13.3. The van der Waals surface area contributed by atoms with E-state index >= 15 is 0 Å². The van der Waals surface area contributed by atoms with Crippen LogP contribution in [0, 0.1) is 6.92 Å². The molecule has 0 radical (unpaired) electrons. The number of nitrogens with one attached hydrogen (secondary N) is 1. The molecule has 1 unspecified atom stereocenters. The zero-order valence-corrected chi connectivity index (χ0v) is 17.5. The van der Waals surface area contributed by atoms with E-state index in [9.17, 15) is 5.11 Å². The second-order valence-corrected chi connectivity index (χ2v) is 8.36. The second kappa shape index (κ2) is 8.95. The minimum absolute atomic E-state index is 0.143. The molecule has 0 fully saturated rings. The van der Waals surface area contributed by atoms with Crippen LogP contribution in [0.1, 0.15) is 25.0 Å². The fraction of sp³-hybridized carbons (Fsp3) is 0.333. The first kappa shape index (κ1) is 20.7. The van der Waals surface area contributed by atoms with Crippen LogP contribution < -0.4 is 10.1 Å². The minimum Gasteiger partial charge on any atom is -0.491 e. The van der Waals surface area contributed by atoms with E-state index in [0.29, 0.717) is 17.3 Å². The lowest BCUT2D eigenvalue weighted by Crippen LogP contribution is -2.46. The summed E-state index contributed by atoms with van der Waals surface area (Å²) in [6.45, 7) is 6.89. The van der Waals surface area contributed by atoms with Gasteiger partial charge in [-0.05, 0) is 55.7 Å². The number of aliphatic hydroxyl groups is 1. The molecule has 0 bridgehead atoms. The van der Waals surface area contributed by atoms with Crippen LogP contribution >= 0.6 is 11.6 Å². The van der Waals surface area contributed by atoms with E-state index in [4.69, 9.17) is 16.3 Å². The molecule has 0 saturated carbocycles. The number of rotatable bonds is 8. The van der Waals surface area contributed by atoms with Gasteiger partial charge in [0.05, 0.1) is 0 Å². The highest BCUT2D eigenvalue weighted by Gasteiger charge is 2.20. The largest absolute Gasteiger partial charge is 0.491 e. The van der Waals surface area contributed by atoms with Crippen molar-refractivity contribution in [1.82, 2.24) is 5.32 Å². The van der Waals surface area contributed by atoms with Gasteiger partial charge < -0.3 is 15.2 Å². The van der Waals surface area contributed by atoms with E-state index in [1.807, 2.05) is 25.1 Å². The monoisotopic (exact) mass is 397 g/mol. The fourth-order valence-electron chi connectivity index (χ4n) is 3.30. The standard InChI is InChI=1S/C24H28ClNO2/c1-17-22(25)9-6-10-23(17)28-16-21(27)15-26-24(2,3)14-18-11-12-19-7-4-5-8-20(19)13-18/h4-13,21,26-27H,14-16H2,1-3H3. The van der Waals surface area contributed by atoms with Crippen molar-refractivity contribution in [2.24, 2.45) is 0 Å². The number of β-amino-alcohol motifs (C(OH)–C–C–N with tert-alkyl or cyclic N) is 1. The molecule has 4 heteroatoms. The molecule has 0 aromatic heterocycles. The van der Waals surface area contributed by atoms with E-state index in [2.05, 4.69) is 61.6 Å². The molecule has 2 N–H and O–H groups in total. The van der Waals surface area contributed by atoms with Gasteiger partial charge >= 0.3 is 0 Å². The van der Waals surface area contributed by atoms with Gasteiger partial charge in [0.25, 0.3) is 0 Å². The Hall–Kier alpha value is -2.07. The van der Waals surface area contributed by atoms with E-state index < -0.39 is 6.10 Å². The SMILES string of the molecule is Cc1c(Cl)cccc1OCC(O)CNC(C)(C)Cc1ccc2ccccc2c1. The highest BCUT2D eigenvalue weighted by Crippen LogP contribution is 2.25. The molecule has 28 heavy (non-hydrogen) atoms. The smallest absolute Gasteiger partial charge is 0.123 e. The Kier molecular flexibility index (Phi) is 6.61. The third kappa shape index (κ3) is 5.48. The van der Waals surface area contributed by atoms with Crippen molar-refractivity contribution in [3.05, 3.63) is 76.8 Å². The molecule has 0 aliphatic carbocycles. The zero-order chi connectivity index (χ0) is 20.1. The van der Waals surface area contributed by atoms with Crippen molar-refractivity contribution in [3.63, 3.8) is 0 Å². The van der Waals surface area contributed by atoms with Crippen molar-refractivity contribution in [3.8, 4) is 5.75 Å². The Labute approximate surface area is 172 Å². The van der Waals surface area contributed by atoms with Crippen LogP contribution in [0.15, 0.2) is 60.7 Å². The molecule has 1 atom stereocenters. The average molecular weight is 398 g/mol. The number of hydrogen-bond acceptors (Lipinski definition) is 3. The fourth-order valence-corrected chi connectivity index (χ4v) is 3.47. The summed E-state index contributed by atoms with van der Waals surface area (Å²) in [5, 5.41) is 17.0. The van der Waals surface area contributed by atoms with Crippen molar-refractivity contribution < 1.29 is 9.84 Å². The van der Waals surface area contributed by atoms with Gasteiger partial charge in [-0.15, -0.1) is 0 Å². The van der Waals surface area contributed by atoms with E-state index in [1.165, 1.54) is 16.3 Å². The van der Waals surface area contributed by atoms with Crippen LogP contribution in [0.2, 0.25) is 5.02 Å². The lowest BCUT2D eigenvalue weighted by molar-refractivity contribution is 0.0985. The zero-order valence-electron chi connectivity index (χ0n) is 16.7. The average Bonchev–Trinajstić information content (AvgIpc) is 2.67. The normalized spacial score (nSPS) is 12.9. The summed E-state index contributed by atoms with van der Waals surface area (Å²) in [6.07, 6.45) is 0.271. The van der Waals surface area contributed by atoms with Crippen LogP contribution in [0.4, 0.5) is 0 Å². The molecule has 148 valence electrons. The Morgan fingerprint density at radius 3 is 2.57 bits per heavy atom. The molecule has 3 nitrogen and oxygen atoms in total. The molecule has 3 rings (SSSR count). The Balaban J connectivity index is 1.52.